The predicted molar refractivity (Wildman–Crippen MR) is 54.1 cm³/mol. The van der Waals surface area contributed by atoms with Crippen molar-refractivity contribution in [2.45, 2.75) is 4.33 Å². The van der Waals surface area contributed by atoms with Gasteiger partial charge in [-0.15, -0.1) is 11.8 Å². The zero-order chi connectivity index (χ0) is 10.5. The number of alkyl halides is 2. The molecular weight excluding hydrogens is 256 g/mol. The Morgan fingerprint density at radius 2 is 2.23 bits per heavy atom. The second-order valence-electron chi connectivity index (χ2n) is 1.88. The summed E-state index contributed by atoms with van der Waals surface area (Å²) in [5.74, 6) is -1.47. The van der Waals surface area contributed by atoms with Crippen molar-refractivity contribution < 1.29 is 9.90 Å². The van der Waals surface area contributed by atoms with Gasteiger partial charge in [0.25, 0.3) is 0 Å². The number of carboxylic acid groups (broad SMARTS) is 1. The number of rotatable bonds is 4. The van der Waals surface area contributed by atoms with Gasteiger partial charge < -0.3 is 5.11 Å². The molecule has 7 heteroatoms. The largest absolute Gasteiger partial charge is 0.479 e. The Morgan fingerprint density at radius 3 is 2.62 bits per heavy atom. The standard InChI is InChI=1S/C6H4Cl3NO2S/c7-4(1-2-10)13-3-6(8,9)5(11)12/h1H,3H2,(H,11,12)/b4-1+. The molecule has 0 saturated heterocycles. The third-order valence-electron chi connectivity index (χ3n) is 0.882. The third kappa shape index (κ3) is 5.27. The van der Waals surface area contributed by atoms with Crippen molar-refractivity contribution in [3.05, 3.63) is 10.4 Å². The number of hydrogen-bond donors (Lipinski definition) is 1. The van der Waals surface area contributed by atoms with Crippen LogP contribution in [0.3, 0.4) is 0 Å². The van der Waals surface area contributed by atoms with E-state index in [1.165, 1.54) is 0 Å². The Kier molecular flexibility index (Phi) is 5.57. The van der Waals surface area contributed by atoms with Crippen molar-refractivity contribution in [1.29, 1.82) is 5.26 Å². The maximum atomic E-state index is 10.4. The van der Waals surface area contributed by atoms with E-state index < -0.39 is 10.3 Å². The fraction of sp³-hybridized carbons (Fsp3) is 0.333. The summed E-state index contributed by atoms with van der Waals surface area (Å²) in [5.41, 5.74) is 0. The van der Waals surface area contributed by atoms with Crippen molar-refractivity contribution in [1.82, 2.24) is 0 Å². The topological polar surface area (TPSA) is 61.1 Å². The Morgan fingerprint density at radius 1 is 1.69 bits per heavy atom. The first-order chi connectivity index (χ1) is 5.90. The normalized spacial score (nSPS) is 12.3. The fourth-order valence-electron chi connectivity index (χ4n) is 0.314. The number of nitriles is 1. The number of hydrogen-bond acceptors (Lipinski definition) is 3. The van der Waals surface area contributed by atoms with Gasteiger partial charge in [-0.25, -0.2) is 4.79 Å². The highest BCUT2D eigenvalue weighted by Gasteiger charge is 2.33. The van der Waals surface area contributed by atoms with Crippen LogP contribution in [-0.4, -0.2) is 21.2 Å². The Balaban J connectivity index is 4.11. The molecule has 0 aliphatic carbocycles. The van der Waals surface area contributed by atoms with Gasteiger partial charge in [0.05, 0.1) is 10.4 Å². The summed E-state index contributed by atoms with van der Waals surface area (Å²) >= 11 is 17.2. The SMILES string of the molecule is N#C/C=C(\Cl)SCC(Cl)(Cl)C(=O)O. The smallest absolute Gasteiger partial charge is 0.341 e. The van der Waals surface area contributed by atoms with Crippen LogP contribution in [0.15, 0.2) is 10.4 Å². The molecule has 3 nitrogen and oxygen atoms in total. The Hall–Kier alpha value is -0.0800. The van der Waals surface area contributed by atoms with Gasteiger partial charge >= 0.3 is 5.97 Å². The molecule has 0 spiro atoms. The molecule has 0 amide bonds. The van der Waals surface area contributed by atoms with Gasteiger partial charge in [-0.2, -0.15) is 5.26 Å². The number of allylic oxidation sites excluding steroid dienone is 1. The molecule has 13 heavy (non-hydrogen) atoms. The Labute approximate surface area is 94.3 Å². The maximum absolute atomic E-state index is 10.4. The highest BCUT2D eigenvalue weighted by atomic mass is 35.5. The van der Waals surface area contributed by atoms with E-state index in [0.29, 0.717) is 0 Å². The number of halogens is 3. The van der Waals surface area contributed by atoms with Crippen LogP contribution in [0.25, 0.3) is 0 Å². The first-order valence-corrected chi connectivity index (χ1v) is 5.01. The third-order valence-corrected chi connectivity index (χ3v) is 3.20. The second kappa shape index (κ2) is 5.61. The fourth-order valence-corrected chi connectivity index (χ4v) is 1.43. The molecule has 0 rings (SSSR count). The molecule has 0 radical (unpaired) electrons. The summed E-state index contributed by atoms with van der Waals surface area (Å²) in [6.07, 6.45) is 1.07. The van der Waals surface area contributed by atoms with Crippen LogP contribution in [0.4, 0.5) is 0 Å². The van der Waals surface area contributed by atoms with Crippen molar-refractivity contribution in [2.24, 2.45) is 0 Å². The highest BCUT2D eigenvalue weighted by molar-refractivity contribution is 8.04. The van der Waals surface area contributed by atoms with Crippen LogP contribution in [0, 0.1) is 11.3 Å². The van der Waals surface area contributed by atoms with Gasteiger partial charge in [-0.3, -0.25) is 0 Å². The van der Waals surface area contributed by atoms with Gasteiger partial charge in [0.15, 0.2) is 0 Å². The second-order valence-corrected chi connectivity index (χ2v) is 5.01. The van der Waals surface area contributed by atoms with Crippen molar-refractivity contribution in [3.63, 3.8) is 0 Å². The predicted octanol–water partition coefficient (Wildman–Crippen LogP) is 2.58. The Bertz CT molecular complexity index is 272. The summed E-state index contributed by atoms with van der Waals surface area (Å²) in [6, 6.07) is 1.68. The molecule has 1 N–H and O–H groups in total. The van der Waals surface area contributed by atoms with Gasteiger partial charge in [0, 0.05) is 11.8 Å². The minimum atomic E-state index is -1.88. The molecule has 0 atom stereocenters. The van der Waals surface area contributed by atoms with E-state index in [0.717, 1.165) is 17.8 Å². The lowest BCUT2D eigenvalue weighted by Gasteiger charge is -2.12. The van der Waals surface area contributed by atoms with E-state index >= 15 is 0 Å². The van der Waals surface area contributed by atoms with Crippen LogP contribution < -0.4 is 0 Å². The maximum Gasteiger partial charge on any atom is 0.341 e. The minimum absolute atomic E-state index is 0.123. The average molecular weight is 261 g/mol. The van der Waals surface area contributed by atoms with Crippen molar-refractivity contribution in [3.8, 4) is 6.07 Å². The van der Waals surface area contributed by atoms with Crippen LogP contribution in [0.1, 0.15) is 0 Å². The van der Waals surface area contributed by atoms with Crippen molar-refractivity contribution in [2.75, 3.05) is 5.75 Å². The zero-order valence-corrected chi connectivity index (χ0v) is 9.21. The van der Waals surface area contributed by atoms with Crippen LogP contribution in [0.2, 0.25) is 0 Å². The lowest BCUT2D eigenvalue weighted by atomic mass is 10.5. The first-order valence-electron chi connectivity index (χ1n) is 2.89. The van der Waals surface area contributed by atoms with E-state index in [1.54, 1.807) is 6.07 Å². The first kappa shape index (κ1) is 12.9. The zero-order valence-electron chi connectivity index (χ0n) is 6.13. The number of carboxylic acids is 1. The molecule has 0 bridgehead atoms. The molecule has 0 aromatic carbocycles. The van der Waals surface area contributed by atoms with Crippen LogP contribution >= 0.6 is 46.6 Å². The molecule has 0 aliphatic heterocycles. The summed E-state index contributed by atoms with van der Waals surface area (Å²) in [7, 11) is 0. The molecule has 72 valence electrons. The number of nitrogens with zero attached hydrogens (tertiary/aromatic N) is 1. The molecule has 0 saturated carbocycles. The number of thioether (sulfide) groups is 1. The lowest BCUT2D eigenvalue weighted by molar-refractivity contribution is -0.137. The summed E-state index contributed by atoms with van der Waals surface area (Å²) in [5, 5.41) is 16.6. The minimum Gasteiger partial charge on any atom is -0.479 e. The van der Waals surface area contributed by atoms with Crippen molar-refractivity contribution >= 4 is 52.5 Å². The van der Waals surface area contributed by atoms with Crippen LogP contribution in [0.5, 0.6) is 0 Å². The van der Waals surface area contributed by atoms with Crippen LogP contribution in [-0.2, 0) is 4.79 Å². The monoisotopic (exact) mass is 259 g/mol. The van der Waals surface area contributed by atoms with Gasteiger partial charge in [-0.05, 0) is 0 Å². The molecule has 0 heterocycles. The molecule has 0 aliphatic rings. The summed E-state index contributed by atoms with van der Waals surface area (Å²) < 4.78 is -1.73. The summed E-state index contributed by atoms with van der Waals surface area (Å²) in [4.78, 5) is 10.4. The van der Waals surface area contributed by atoms with Gasteiger partial charge in [0.2, 0.25) is 4.33 Å². The lowest BCUT2D eigenvalue weighted by Crippen LogP contribution is -2.28. The van der Waals surface area contributed by atoms with Gasteiger partial charge in [0.1, 0.15) is 0 Å². The summed E-state index contributed by atoms with van der Waals surface area (Å²) in [6.45, 7) is 0. The van der Waals surface area contributed by atoms with E-state index in [9.17, 15) is 4.79 Å². The molecule has 0 aromatic rings. The van der Waals surface area contributed by atoms with E-state index in [4.69, 9.17) is 45.2 Å². The van der Waals surface area contributed by atoms with Gasteiger partial charge in [-0.1, -0.05) is 34.8 Å². The quantitative estimate of drug-likeness (QED) is 0.623. The number of carbonyl (C=O) groups is 1. The number of aliphatic carboxylic acids is 1. The highest BCUT2D eigenvalue weighted by Crippen LogP contribution is 2.31. The van der Waals surface area contributed by atoms with E-state index in [2.05, 4.69) is 0 Å². The van der Waals surface area contributed by atoms with E-state index in [1.807, 2.05) is 0 Å². The van der Waals surface area contributed by atoms with E-state index in [-0.39, 0.29) is 10.1 Å². The molecule has 0 fully saturated rings. The molecule has 0 aromatic heterocycles. The molecular formula is C6H4Cl3NO2S. The molecule has 0 unspecified atom stereocenters. The average Bonchev–Trinajstić information content (AvgIpc) is 2.01.